The molecule has 0 saturated heterocycles. The van der Waals surface area contributed by atoms with Gasteiger partial charge in [-0.2, -0.15) is 0 Å². The van der Waals surface area contributed by atoms with Gasteiger partial charge in [0.05, 0.1) is 21.9 Å². The summed E-state index contributed by atoms with van der Waals surface area (Å²) in [7, 11) is 0. The van der Waals surface area contributed by atoms with Crippen LogP contribution in [0.5, 0.6) is 11.5 Å². The van der Waals surface area contributed by atoms with Crippen LogP contribution in [0, 0.1) is 0 Å². The fourth-order valence-electron chi connectivity index (χ4n) is 2.98. The zero-order chi connectivity index (χ0) is 21.6. The Morgan fingerprint density at radius 2 is 1.57 bits per heavy atom. The zero-order valence-corrected chi connectivity index (χ0v) is 20.5. The molecule has 0 aliphatic rings. The Morgan fingerprint density at radius 1 is 0.900 bits per heavy atom. The number of ether oxygens (including phenoxy) is 2. The van der Waals surface area contributed by atoms with E-state index >= 15 is 0 Å². The Kier molecular flexibility index (Phi) is 11.9. The van der Waals surface area contributed by atoms with Crippen LogP contribution >= 0.6 is 27.3 Å². The molecular weight excluding hydrogens is 460 g/mol. The number of hydrogen-bond acceptors (Lipinski definition) is 4. The van der Waals surface area contributed by atoms with Gasteiger partial charge in [-0.1, -0.05) is 64.5 Å². The molecule has 0 aliphatic heterocycles. The maximum Gasteiger partial charge on any atom is 0.195 e. The van der Waals surface area contributed by atoms with E-state index < -0.39 is 0 Å². The zero-order valence-electron chi connectivity index (χ0n) is 18.1. The summed E-state index contributed by atoms with van der Waals surface area (Å²) < 4.78 is 13.0. The first-order valence-electron chi connectivity index (χ1n) is 11.0. The fourth-order valence-corrected chi connectivity index (χ4v) is 4.29. The van der Waals surface area contributed by atoms with Crippen molar-refractivity contribution in [3.05, 3.63) is 50.6 Å². The van der Waals surface area contributed by atoms with Crippen LogP contribution in [0.1, 0.15) is 80.4 Å². The van der Waals surface area contributed by atoms with Crippen LogP contribution in [-0.4, -0.2) is 19.0 Å². The summed E-state index contributed by atoms with van der Waals surface area (Å²) >= 11 is 4.84. The highest BCUT2D eigenvalue weighted by atomic mass is 79.9. The number of thiophene rings is 1. The Bertz CT molecular complexity index is 797. The van der Waals surface area contributed by atoms with E-state index in [-0.39, 0.29) is 5.78 Å². The van der Waals surface area contributed by atoms with E-state index in [0.29, 0.717) is 13.2 Å². The molecule has 0 N–H and O–H groups in total. The summed E-state index contributed by atoms with van der Waals surface area (Å²) in [5.41, 5.74) is 0.931. The first-order valence-corrected chi connectivity index (χ1v) is 12.6. The number of carbonyl (C=O) groups excluding carboxylic acids is 1. The smallest absolute Gasteiger partial charge is 0.195 e. The number of allylic oxidation sites excluding steroid dienone is 1. The lowest BCUT2D eigenvalue weighted by Gasteiger charge is -2.14. The summed E-state index contributed by atoms with van der Waals surface area (Å²) in [4.78, 5) is 13.1. The summed E-state index contributed by atoms with van der Waals surface area (Å²) in [6.07, 6.45) is 12.8. The van der Waals surface area contributed by atoms with Gasteiger partial charge in [0.2, 0.25) is 0 Å². The van der Waals surface area contributed by atoms with Crippen molar-refractivity contribution < 1.29 is 14.3 Å². The average molecular weight is 494 g/mol. The van der Waals surface area contributed by atoms with Gasteiger partial charge in [0.1, 0.15) is 0 Å². The van der Waals surface area contributed by atoms with Crippen LogP contribution in [-0.2, 0) is 0 Å². The molecule has 0 radical (unpaired) electrons. The highest BCUT2D eigenvalue weighted by Crippen LogP contribution is 2.30. The minimum atomic E-state index is 0.00369. The topological polar surface area (TPSA) is 35.5 Å². The molecule has 0 spiro atoms. The Balaban J connectivity index is 2.02. The normalized spacial score (nSPS) is 11.2. The van der Waals surface area contributed by atoms with Gasteiger partial charge in [0.15, 0.2) is 17.3 Å². The van der Waals surface area contributed by atoms with Crippen molar-refractivity contribution in [2.45, 2.75) is 65.2 Å². The molecule has 0 unspecified atom stereocenters. The molecular formula is C25H33BrO3S. The third kappa shape index (κ3) is 9.05. The summed E-state index contributed by atoms with van der Waals surface area (Å²) in [6, 6.07) is 9.62. The van der Waals surface area contributed by atoms with Crippen molar-refractivity contribution in [2.24, 2.45) is 0 Å². The van der Waals surface area contributed by atoms with Crippen LogP contribution in [0.2, 0.25) is 0 Å². The van der Waals surface area contributed by atoms with Gasteiger partial charge in [-0.05, 0) is 64.7 Å². The molecule has 1 aromatic carbocycles. The van der Waals surface area contributed by atoms with Crippen LogP contribution < -0.4 is 9.47 Å². The molecule has 0 bridgehead atoms. The molecule has 0 atom stereocenters. The Morgan fingerprint density at radius 3 is 2.17 bits per heavy atom. The number of unbranched alkanes of at least 4 members (excludes halogenated alkanes) is 6. The highest BCUT2D eigenvalue weighted by molar-refractivity contribution is 9.11. The highest BCUT2D eigenvalue weighted by Gasteiger charge is 2.08. The largest absolute Gasteiger partial charge is 0.490 e. The molecule has 0 aliphatic carbocycles. The standard InChI is InChI=1S/C25H33BrO3S/c1-3-5-7-9-17-28-22-14-12-20(19-23(22)29-18-10-8-6-4-2)11-13-21(27)24-15-16-25(26)30-24/h11-16,19H,3-10,17-18H2,1-2H3. The summed E-state index contributed by atoms with van der Waals surface area (Å²) in [5.74, 6) is 1.55. The number of hydrogen-bond donors (Lipinski definition) is 0. The number of benzene rings is 1. The van der Waals surface area contributed by atoms with Crippen LogP contribution in [0.4, 0.5) is 0 Å². The van der Waals surface area contributed by atoms with Crippen molar-refractivity contribution in [1.29, 1.82) is 0 Å². The molecule has 164 valence electrons. The number of rotatable bonds is 15. The van der Waals surface area contributed by atoms with Crippen LogP contribution in [0.15, 0.2) is 40.2 Å². The lowest BCUT2D eigenvalue weighted by Crippen LogP contribution is -2.03. The second kappa shape index (κ2) is 14.4. The van der Waals surface area contributed by atoms with Crippen molar-refractivity contribution in [3.8, 4) is 11.5 Å². The maximum absolute atomic E-state index is 12.3. The molecule has 1 aromatic heterocycles. The second-order valence-electron chi connectivity index (χ2n) is 7.33. The molecule has 3 nitrogen and oxygen atoms in total. The van der Waals surface area contributed by atoms with E-state index in [1.54, 1.807) is 6.08 Å². The van der Waals surface area contributed by atoms with Gasteiger partial charge in [0, 0.05) is 0 Å². The number of carbonyl (C=O) groups is 1. The Hall–Kier alpha value is -1.59. The monoisotopic (exact) mass is 492 g/mol. The van der Waals surface area contributed by atoms with Gasteiger partial charge < -0.3 is 9.47 Å². The van der Waals surface area contributed by atoms with E-state index in [0.717, 1.165) is 38.6 Å². The number of ketones is 1. The summed E-state index contributed by atoms with van der Waals surface area (Å²) in [5, 5.41) is 0. The number of halogens is 1. The lowest BCUT2D eigenvalue weighted by molar-refractivity contribution is 0.105. The van der Waals surface area contributed by atoms with Crippen molar-refractivity contribution >= 4 is 39.1 Å². The van der Waals surface area contributed by atoms with Crippen molar-refractivity contribution in [2.75, 3.05) is 13.2 Å². The van der Waals surface area contributed by atoms with Crippen LogP contribution in [0.25, 0.3) is 6.08 Å². The predicted octanol–water partition coefficient (Wildman–Crippen LogP) is 8.32. The average Bonchev–Trinajstić information content (AvgIpc) is 3.19. The molecule has 0 amide bonds. The van der Waals surface area contributed by atoms with Gasteiger partial charge in [-0.15, -0.1) is 11.3 Å². The quantitative estimate of drug-likeness (QED) is 0.142. The van der Waals surface area contributed by atoms with Crippen molar-refractivity contribution in [3.63, 3.8) is 0 Å². The van der Waals surface area contributed by atoms with E-state index in [2.05, 4.69) is 29.8 Å². The molecule has 2 aromatic rings. The molecule has 30 heavy (non-hydrogen) atoms. The minimum absolute atomic E-state index is 0.00369. The first kappa shape index (κ1) is 24.7. The van der Waals surface area contributed by atoms with E-state index in [1.807, 2.05) is 36.4 Å². The van der Waals surface area contributed by atoms with Crippen LogP contribution in [0.3, 0.4) is 0 Å². The SMILES string of the molecule is CCCCCCOc1ccc(C=CC(=O)c2ccc(Br)s2)cc1OCCCCCC. The van der Waals surface area contributed by atoms with E-state index in [4.69, 9.17) is 9.47 Å². The first-order chi connectivity index (χ1) is 14.6. The van der Waals surface area contributed by atoms with E-state index in [1.165, 1.54) is 49.9 Å². The Labute approximate surface area is 193 Å². The van der Waals surface area contributed by atoms with Crippen molar-refractivity contribution in [1.82, 2.24) is 0 Å². The fraction of sp³-hybridized carbons (Fsp3) is 0.480. The third-order valence-electron chi connectivity index (χ3n) is 4.72. The summed E-state index contributed by atoms with van der Waals surface area (Å²) in [6.45, 7) is 5.80. The van der Waals surface area contributed by atoms with Gasteiger partial charge in [0.25, 0.3) is 0 Å². The molecule has 2 rings (SSSR count). The van der Waals surface area contributed by atoms with Gasteiger partial charge >= 0.3 is 0 Å². The predicted molar refractivity (Wildman–Crippen MR) is 131 cm³/mol. The molecule has 5 heteroatoms. The van der Waals surface area contributed by atoms with Gasteiger partial charge in [-0.3, -0.25) is 4.79 Å². The lowest BCUT2D eigenvalue weighted by atomic mass is 10.1. The third-order valence-corrected chi connectivity index (χ3v) is 6.36. The molecule has 0 fully saturated rings. The van der Waals surface area contributed by atoms with Gasteiger partial charge in [-0.25, -0.2) is 0 Å². The second-order valence-corrected chi connectivity index (χ2v) is 9.79. The van der Waals surface area contributed by atoms with E-state index in [9.17, 15) is 4.79 Å². The molecule has 0 saturated carbocycles. The molecule has 1 heterocycles. The minimum Gasteiger partial charge on any atom is -0.490 e. The maximum atomic E-state index is 12.3.